The van der Waals surface area contributed by atoms with Crippen LogP contribution in [0.4, 0.5) is 0 Å². The Labute approximate surface area is 77.7 Å². The van der Waals surface area contributed by atoms with E-state index in [2.05, 4.69) is 30.3 Å². The van der Waals surface area contributed by atoms with Crippen molar-refractivity contribution in [1.29, 1.82) is 0 Å². The number of aliphatic hydroxyl groups excluding tert-OH is 3. The normalized spacial score (nSPS) is 15.4. The lowest BCUT2D eigenvalue weighted by Gasteiger charge is -2.03. The molecule has 0 aromatic heterocycles. The maximum atomic E-state index is 8.97. The minimum absolute atomic E-state index is 0.904. The first-order valence-electron chi connectivity index (χ1n) is 3.75. The highest BCUT2D eigenvalue weighted by Crippen LogP contribution is 1.87. The fraction of sp³-hybridized carbons (Fsp3) is 0.400. The molecule has 0 aliphatic carbocycles. The monoisotopic (exact) mass is 180 g/mol. The third-order valence-corrected chi connectivity index (χ3v) is 1.18. The van der Waals surface area contributed by atoms with Crippen molar-refractivity contribution in [3.63, 3.8) is 0 Å². The van der Waals surface area contributed by atoms with Crippen molar-refractivity contribution >= 4 is 0 Å². The fourth-order valence-corrected chi connectivity index (χ4v) is 0.400. The Morgan fingerprint density at radius 1 is 1.15 bits per heavy atom. The van der Waals surface area contributed by atoms with Crippen LogP contribution in [0.3, 0.4) is 0 Å². The summed E-state index contributed by atoms with van der Waals surface area (Å²) >= 11 is 0. The van der Waals surface area contributed by atoms with Gasteiger partial charge in [-0.1, -0.05) is 24.5 Å². The molecule has 0 spiro atoms. The summed E-state index contributed by atoms with van der Waals surface area (Å²) in [5.41, 5.74) is 0. The molecule has 0 saturated heterocycles. The van der Waals surface area contributed by atoms with Crippen LogP contribution in [0.15, 0.2) is 12.7 Å². The second kappa shape index (κ2) is 6.28. The van der Waals surface area contributed by atoms with Crippen molar-refractivity contribution in [2.24, 2.45) is 0 Å². The number of hydrogen-bond donors (Lipinski definition) is 3. The lowest BCUT2D eigenvalue weighted by atomic mass is 10.2. The molecule has 13 heavy (non-hydrogen) atoms. The summed E-state index contributed by atoms with van der Waals surface area (Å²) in [6, 6.07) is 0. The van der Waals surface area contributed by atoms with Crippen LogP contribution in [0.1, 0.15) is 6.92 Å². The predicted octanol–water partition coefficient (Wildman–Crippen LogP) is -0.718. The SMILES string of the molecule is C=CC(O)C#CC#C[C@@H](O)[C@H](C)O. The molecular formula is C10H12O3. The van der Waals surface area contributed by atoms with Crippen LogP contribution < -0.4 is 0 Å². The van der Waals surface area contributed by atoms with Gasteiger partial charge in [-0.05, 0) is 18.8 Å². The lowest BCUT2D eigenvalue weighted by molar-refractivity contribution is 0.0678. The number of hydrogen-bond acceptors (Lipinski definition) is 3. The van der Waals surface area contributed by atoms with Gasteiger partial charge in [-0.2, -0.15) is 0 Å². The molecule has 0 saturated carbocycles. The second-order valence-corrected chi connectivity index (χ2v) is 2.40. The van der Waals surface area contributed by atoms with Crippen LogP contribution in [0, 0.1) is 23.7 Å². The molecule has 1 unspecified atom stereocenters. The minimum atomic E-state index is -1.10. The maximum Gasteiger partial charge on any atom is 0.141 e. The zero-order chi connectivity index (χ0) is 10.3. The summed E-state index contributed by atoms with van der Waals surface area (Å²) < 4.78 is 0. The van der Waals surface area contributed by atoms with E-state index in [0.29, 0.717) is 0 Å². The van der Waals surface area contributed by atoms with Crippen LogP contribution in [-0.2, 0) is 0 Å². The van der Waals surface area contributed by atoms with Gasteiger partial charge in [0.25, 0.3) is 0 Å². The summed E-state index contributed by atoms with van der Waals surface area (Å²) in [6.45, 7) is 4.73. The van der Waals surface area contributed by atoms with E-state index < -0.39 is 18.3 Å². The summed E-state index contributed by atoms with van der Waals surface area (Å²) in [7, 11) is 0. The van der Waals surface area contributed by atoms with Crippen molar-refractivity contribution in [2.45, 2.75) is 25.2 Å². The Morgan fingerprint density at radius 2 is 1.69 bits per heavy atom. The molecule has 0 amide bonds. The first-order valence-corrected chi connectivity index (χ1v) is 3.75. The smallest absolute Gasteiger partial charge is 0.141 e. The molecule has 0 aliphatic heterocycles. The van der Waals surface area contributed by atoms with Crippen LogP contribution >= 0.6 is 0 Å². The van der Waals surface area contributed by atoms with Crippen LogP contribution in [-0.4, -0.2) is 33.6 Å². The number of rotatable bonds is 2. The first-order chi connectivity index (χ1) is 6.07. The van der Waals surface area contributed by atoms with E-state index in [4.69, 9.17) is 15.3 Å². The summed E-state index contributed by atoms with van der Waals surface area (Å²) in [5, 5.41) is 26.6. The molecule has 0 heterocycles. The Bertz CT molecular complexity index is 272. The minimum Gasteiger partial charge on any atom is -0.390 e. The molecule has 0 bridgehead atoms. The Morgan fingerprint density at radius 3 is 2.15 bits per heavy atom. The third-order valence-electron chi connectivity index (χ3n) is 1.18. The molecule has 70 valence electrons. The maximum absolute atomic E-state index is 8.97. The van der Waals surface area contributed by atoms with Crippen molar-refractivity contribution < 1.29 is 15.3 Å². The topological polar surface area (TPSA) is 60.7 Å². The molecule has 0 aromatic rings. The average molecular weight is 180 g/mol. The van der Waals surface area contributed by atoms with Gasteiger partial charge in [0, 0.05) is 0 Å². The Kier molecular flexibility index (Phi) is 5.67. The van der Waals surface area contributed by atoms with E-state index in [1.54, 1.807) is 0 Å². The number of aliphatic hydroxyl groups is 3. The van der Waals surface area contributed by atoms with Gasteiger partial charge in [0.2, 0.25) is 0 Å². The highest BCUT2D eigenvalue weighted by Gasteiger charge is 2.04. The van der Waals surface area contributed by atoms with E-state index in [9.17, 15) is 0 Å². The molecule has 0 rings (SSSR count). The van der Waals surface area contributed by atoms with Gasteiger partial charge < -0.3 is 15.3 Å². The van der Waals surface area contributed by atoms with Gasteiger partial charge >= 0.3 is 0 Å². The fourth-order valence-electron chi connectivity index (χ4n) is 0.400. The van der Waals surface area contributed by atoms with Crippen molar-refractivity contribution in [3.8, 4) is 23.7 Å². The molecule has 0 aromatic carbocycles. The van der Waals surface area contributed by atoms with E-state index >= 15 is 0 Å². The predicted molar refractivity (Wildman–Crippen MR) is 49.4 cm³/mol. The van der Waals surface area contributed by atoms with Crippen LogP contribution in [0.2, 0.25) is 0 Å². The Balaban J connectivity index is 4.10. The standard InChI is InChI=1S/C10H12O3/c1-3-9(12)6-4-5-7-10(13)8(2)11/h3,8-13H,1H2,2H3/t8-,9?,10+/m0/s1. The largest absolute Gasteiger partial charge is 0.390 e. The highest BCUT2D eigenvalue weighted by atomic mass is 16.3. The van der Waals surface area contributed by atoms with Gasteiger partial charge in [0.05, 0.1) is 6.10 Å². The van der Waals surface area contributed by atoms with E-state index in [-0.39, 0.29) is 0 Å². The molecule has 3 heteroatoms. The molecule has 0 fully saturated rings. The van der Waals surface area contributed by atoms with Crippen molar-refractivity contribution in [2.75, 3.05) is 0 Å². The van der Waals surface area contributed by atoms with Gasteiger partial charge in [-0.15, -0.1) is 0 Å². The third kappa shape index (κ3) is 5.95. The molecular weight excluding hydrogens is 168 g/mol. The van der Waals surface area contributed by atoms with Gasteiger partial charge in [-0.25, -0.2) is 0 Å². The molecule has 0 aliphatic rings. The summed E-state index contributed by atoms with van der Waals surface area (Å²) in [6.07, 6.45) is -1.65. The van der Waals surface area contributed by atoms with Crippen LogP contribution in [0.5, 0.6) is 0 Å². The molecule has 0 radical (unpaired) electrons. The van der Waals surface area contributed by atoms with Crippen molar-refractivity contribution in [1.82, 2.24) is 0 Å². The summed E-state index contributed by atoms with van der Waals surface area (Å²) in [5.74, 6) is 9.27. The highest BCUT2D eigenvalue weighted by molar-refractivity contribution is 5.30. The average Bonchev–Trinajstić information content (AvgIpc) is 2.11. The quantitative estimate of drug-likeness (QED) is 0.388. The van der Waals surface area contributed by atoms with Crippen molar-refractivity contribution in [3.05, 3.63) is 12.7 Å². The van der Waals surface area contributed by atoms with Gasteiger partial charge in [0.15, 0.2) is 0 Å². The van der Waals surface area contributed by atoms with Gasteiger partial charge in [0.1, 0.15) is 12.2 Å². The van der Waals surface area contributed by atoms with Gasteiger partial charge in [-0.3, -0.25) is 0 Å². The van der Waals surface area contributed by atoms with Crippen LogP contribution in [0.25, 0.3) is 0 Å². The zero-order valence-corrected chi connectivity index (χ0v) is 7.36. The second-order valence-electron chi connectivity index (χ2n) is 2.40. The first kappa shape index (κ1) is 11.7. The Hall–Kier alpha value is -1.26. The lowest BCUT2D eigenvalue weighted by Crippen LogP contribution is -2.19. The molecule has 3 N–H and O–H groups in total. The molecule has 3 nitrogen and oxygen atoms in total. The van der Waals surface area contributed by atoms with E-state index in [1.165, 1.54) is 13.0 Å². The zero-order valence-electron chi connectivity index (χ0n) is 7.36. The van der Waals surface area contributed by atoms with E-state index in [0.717, 1.165) is 0 Å². The summed E-state index contributed by atoms with van der Waals surface area (Å²) in [4.78, 5) is 0. The van der Waals surface area contributed by atoms with E-state index in [1.807, 2.05) is 0 Å². The molecule has 3 atom stereocenters.